The van der Waals surface area contributed by atoms with Crippen molar-refractivity contribution in [1.29, 1.82) is 0 Å². The van der Waals surface area contributed by atoms with Gasteiger partial charge in [0.2, 0.25) is 0 Å². The van der Waals surface area contributed by atoms with Gasteiger partial charge in [-0.15, -0.1) is 0 Å². The van der Waals surface area contributed by atoms with E-state index in [2.05, 4.69) is 43.0 Å². The normalized spacial score (nSPS) is 21.8. The average molecular weight is 597 g/mol. The summed E-state index contributed by atoms with van der Waals surface area (Å²) in [6.07, 6.45) is -0.799. The fraction of sp³-hybridized carbons (Fsp3) is 0.297. The minimum atomic E-state index is -0.624. The molecule has 5 atom stereocenters. The Hall–Kier alpha value is -3.23. The second-order valence-electron chi connectivity index (χ2n) is 10.6. The minimum absolute atomic E-state index is 0.292. The summed E-state index contributed by atoms with van der Waals surface area (Å²) < 4.78 is 32.4. The van der Waals surface area contributed by atoms with Crippen LogP contribution in [0, 0.1) is 0 Å². The Morgan fingerprint density at radius 3 is 1.56 bits per heavy atom. The van der Waals surface area contributed by atoms with Gasteiger partial charge in [0.15, 0.2) is 6.29 Å². The first-order valence-electron chi connectivity index (χ1n) is 14.7. The lowest BCUT2D eigenvalue weighted by Crippen LogP contribution is -2.60. The van der Waals surface area contributed by atoms with Crippen LogP contribution in [0.25, 0.3) is 0 Å². The Morgan fingerprint density at radius 2 is 1.07 bits per heavy atom. The molecule has 0 unspecified atom stereocenters. The number of thioether (sulfide) groups is 1. The molecular weight excluding hydrogens is 556 g/mol. The molecule has 5 nitrogen and oxygen atoms in total. The maximum atomic E-state index is 6.70. The number of benzene rings is 4. The van der Waals surface area contributed by atoms with E-state index < -0.39 is 24.6 Å². The van der Waals surface area contributed by atoms with Crippen LogP contribution < -0.4 is 0 Å². The fourth-order valence-corrected chi connectivity index (χ4v) is 6.02. The van der Waals surface area contributed by atoms with Crippen LogP contribution >= 0.6 is 11.8 Å². The SMILES string of the molecule is C=C(CC[C@H]1O[C@H](OC)[C@H](OCc2ccccc2)[C@@H](OCc2ccccc2)[C@@H]1OCc1ccccc1)Sc1ccccc1. The Bertz CT molecular complexity index is 1350. The van der Waals surface area contributed by atoms with Gasteiger partial charge in [-0.2, -0.15) is 0 Å². The topological polar surface area (TPSA) is 46.2 Å². The average Bonchev–Trinajstić information content (AvgIpc) is 3.06. The van der Waals surface area contributed by atoms with Crippen molar-refractivity contribution in [2.45, 2.75) is 68.3 Å². The van der Waals surface area contributed by atoms with Gasteiger partial charge in [-0.05, 0) is 46.6 Å². The van der Waals surface area contributed by atoms with Crippen LogP contribution in [0.1, 0.15) is 29.5 Å². The summed E-state index contributed by atoms with van der Waals surface area (Å²) in [5.74, 6) is 0. The van der Waals surface area contributed by atoms with Crippen molar-refractivity contribution in [3.63, 3.8) is 0 Å². The molecule has 43 heavy (non-hydrogen) atoms. The van der Waals surface area contributed by atoms with Crippen LogP contribution in [-0.2, 0) is 43.5 Å². The van der Waals surface area contributed by atoms with Crippen LogP contribution in [0.5, 0.6) is 0 Å². The molecule has 224 valence electrons. The third-order valence-electron chi connectivity index (χ3n) is 7.39. The van der Waals surface area contributed by atoms with Gasteiger partial charge < -0.3 is 23.7 Å². The molecule has 0 amide bonds. The molecule has 0 saturated carbocycles. The molecule has 0 bridgehead atoms. The highest BCUT2D eigenvalue weighted by molar-refractivity contribution is 8.03. The number of ether oxygens (including phenoxy) is 5. The zero-order valence-corrected chi connectivity index (χ0v) is 25.4. The monoisotopic (exact) mass is 596 g/mol. The molecular formula is C37H40O5S. The van der Waals surface area contributed by atoms with E-state index >= 15 is 0 Å². The van der Waals surface area contributed by atoms with Gasteiger partial charge in [-0.3, -0.25) is 0 Å². The third kappa shape index (κ3) is 9.38. The lowest BCUT2D eigenvalue weighted by Gasteiger charge is -2.45. The molecule has 0 N–H and O–H groups in total. The molecule has 0 aromatic heterocycles. The number of hydrogen-bond acceptors (Lipinski definition) is 6. The molecule has 1 aliphatic rings. The summed E-state index contributed by atoms with van der Waals surface area (Å²) in [6.45, 7) is 5.60. The van der Waals surface area contributed by atoms with Crippen molar-refractivity contribution in [1.82, 2.24) is 0 Å². The first kappa shape index (κ1) is 31.2. The highest BCUT2D eigenvalue weighted by atomic mass is 32.2. The van der Waals surface area contributed by atoms with E-state index in [1.165, 1.54) is 4.90 Å². The summed E-state index contributed by atoms with van der Waals surface area (Å²) in [6, 6.07) is 40.8. The molecule has 4 aromatic rings. The molecule has 0 aliphatic carbocycles. The van der Waals surface area contributed by atoms with Crippen LogP contribution in [-0.4, -0.2) is 37.8 Å². The molecule has 4 aromatic carbocycles. The third-order valence-corrected chi connectivity index (χ3v) is 8.39. The standard InChI is InChI=1S/C37H40O5S/c1-28(43-32-21-13-6-14-22-32)23-24-33-34(39-25-29-15-7-3-8-16-29)35(40-26-30-17-9-4-10-18-30)36(37(38-2)42-33)41-27-31-19-11-5-12-20-31/h3-22,33-37H,1,23-27H2,2H3/t33-,34-,35+,36-,37+/m1/s1. The number of allylic oxidation sites excluding steroid dienone is 1. The predicted molar refractivity (Wildman–Crippen MR) is 171 cm³/mol. The second kappa shape index (κ2) is 16.6. The molecule has 0 spiro atoms. The van der Waals surface area contributed by atoms with Crippen molar-refractivity contribution in [2.75, 3.05) is 7.11 Å². The molecule has 1 fully saturated rings. The maximum Gasteiger partial charge on any atom is 0.186 e. The quantitative estimate of drug-likeness (QED) is 0.129. The lowest BCUT2D eigenvalue weighted by atomic mass is 9.94. The van der Waals surface area contributed by atoms with E-state index in [0.29, 0.717) is 26.2 Å². The summed E-state index contributed by atoms with van der Waals surface area (Å²) in [7, 11) is 1.66. The van der Waals surface area contributed by atoms with Crippen LogP contribution in [0.2, 0.25) is 0 Å². The van der Waals surface area contributed by atoms with Crippen LogP contribution in [0.4, 0.5) is 0 Å². The van der Waals surface area contributed by atoms with E-state index in [9.17, 15) is 0 Å². The first-order valence-corrected chi connectivity index (χ1v) is 15.6. The Balaban J connectivity index is 1.38. The van der Waals surface area contributed by atoms with E-state index in [4.69, 9.17) is 23.7 Å². The van der Waals surface area contributed by atoms with Gasteiger partial charge >= 0.3 is 0 Å². The molecule has 1 aliphatic heterocycles. The summed E-state index contributed by atoms with van der Waals surface area (Å²) in [4.78, 5) is 2.23. The van der Waals surface area contributed by atoms with Gasteiger partial charge in [0.1, 0.15) is 18.3 Å². The Kier molecular flexibility index (Phi) is 12.0. The van der Waals surface area contributed by atoms with Gasteiger partial charge in [-0.1, -0.05) is 128 Å². The Morgan fingerprint density at radius 1 is 0.628 bits per heavy atom. The first-order chi connectivity index (χ1) is 21.2. The highest BCUT2D eigenvalue weighted by Gasteiger charge is 2.48. The molecule has 1 saturated heterocycles. The van der Waals surface area contributed by atoms with Gasteiger partial charge in [0, 0.05) is 12.0 Å². The van der Waals surface area contributed by atoms with Crippen molar-refractivity contribution < 1.29 is 23.7 Å². The van der Waals surface area contributed by atoms with Crippen molar-refractivity contribution in [2.24, 2.45) is 0 Å². The van der Waals surface area contributed by atoms with Crippen molar-refractivity contribution >= 4 is 11.8 Å². The number of hydrogen-bond donors (Lipinski definition) is 0. The number of methoxy groups -OCH3 is 1. The van der Waals surface area contributed by atoms with E-state index in [0.717, 1.165) is 28.0 Å². The van der Waals surface area contributed by atoms with Crippen LogP contribution in [0.15, 0.2) is 138 Å². The molecule has 0 radical (unpaired) electrons. The highest BCUT2D eigenvalue weighted by Crippen LogP contribution is 2.35. The second-order valence-corrected chi connectivity index (χ2v) is 11.8. The largest absolute Gasteiger partial charge is 0.368 e. The van der Waals surface area contributed by atoms with Crippen molar-refractivity contribution in [3.8, 4) is 0 Å². The zero-order valence-electron chi connectivity index (χ0n) is 24.6. The van der Waals surface area contributed by atoms with Crippen molar-refractivity contribution in [3.05, 3.63) is 150 Å². The minimum Gasteiger partial charge on any atom is -0.368 e. The lowest BCUT2D eigenvalue weighted by molar-refractivity contribution is -0.318. The zero-order chi connectivity index (χ0) is 29.7. The summed E-state index contributed by atoms with van der Waals surface area (Å²) >= 11 is 1.69. The Labute approximate surface area is 259 Å². The van der Waals surface area contributed by atoms with Gasteiger partial charge in [0.25, 0.3) is 0 Å². The maximum absolute atomic E-state index is 6.70. The molecule has 6 heteroatoms. The van der Waals surface area contributed by atoms with Gasteiger partial charge in [-0.25, -0.2) is 0 Å². The molecule has 5 rings (SSSR count). The van der Waals surface area contributed by atoms with Crippen LogP contribution in [0.3, 0.4) is 0 Å². The fourth-order valence-electron chi connectivity index (χ4n) is 5.18. The molecule has 1 heterocycles. The predicted octanol–water partition coefficient (Wildman–Crippen LogP) is 8.20. The van der Waals surface area contributed by atoms with Gasteiger partial charge in [0.05, 0.1) is 25.9 Å². The van der Waals surface area contributed by atoms with E-state index in [1.54, 1.807) is 18.9 Å². The number of rotatable bonds is 15. The van der Waals surface area contributed by atoms with E-state index in [1.807, 2.05) is 84.9 Å². The smallest absolute Gasteiger partial charge is 0.186 e. The summed E-state index contributed by atoms with van der Waals surface area (Å²) in [5.41, 5.74) is 3.23. The van der Waals surface area contributed by atoms with E-state index in [-0.39, 0.29) is 6.10 Å². The summed E-state index contributed by atoms with van der Waals surface area (Å²) in [5, 5.41) is 0.